The fraction of sp³-hybridized carbons (Fsp3) is 1.00. The van der Waals surface area contributed by atoms with Crippen molar-refractivity contribution in [1.29, 1.82) is 0 Å². The lowest BCUT2D eigenvalue weighted by atomic mass is 9.91. The van der Waals surface area contributed by atoms with Crippen LogP contribution >= 0.6 is 24.1 Å². The number of aliphatic hydroxyl groups is 4. The number of nitrogens with zero attached hydrogens (tertiary/aromatic N) is 2. The Labute approximate surface area is 381 Å². The summed E-state index contributed by atoms with van der Waals surface area (Å²) >= 11 is 1.66. The Balaban J connectivity index is 1.28. The summed E-state index contributed by atoms with van der Waals surface area (Å²) in [5, 5.41) is 96.0. The Bertz CT molecular complexity index is 1570. The van der Waals surface area contributed by atoms with Crippen molar-refractivity contribution < 1.29 is 75.6 Å². The Kier molecular flexibility index (Phi) is 23.1. The molecule has 0 aromatic heterocycles. The fourth-order valence-corrected chi connectivity index (χ4v) is 12.5. The molecule has 64 heavy (non-hydrogen) atoms. The Morgan fingerprint density at radius 1 is 0.547 bits per heavy atom. The van der Waals surface area contributed by atoms with E-state index < -0.39 is 80.6 Å². The van der Waals surface area contributed by atoms with Crippen LogP contribution in [0.1, 0.15) is 64.2 Å². The van der Waals surface area contributed by atoms with Gasteiger partial charge >= 0.3 is 0 Å². The van der Waals surface area contributed by atoms with Crippen LogP contribution in [0.15, 0.2) is 0 Å². The highest BCUT2D eigenvalue weighted by molar-refractivity contribution is 7.95. The molecule has 5 rings (SSSR count). The van der Waals surface area contributed by atoms with Crippen LogP contribution in [0.5, 0.6) is 0 Å². The number of rotatable bonds is 26. The van der Waals surface area contributed by atoms with Crippen LogP contribution in [0.4, 0.5) is 0 Å². The Morgan fingerprint density at radius 2 is 1.03 bits per heavy atom. The van der Waals surface area contributed by atoms with Gasteiger partial charge in [-0.15, -0.1) is 8.67 Å². The number of hydrogen-bond acceptors (Lipinski definition) is 28. The van der Waals surface area contributed by atoms with Gasteiger partial charge in [0.1, 0.15) is 43.0 Å². The second kappa shape index (κ2) is 27.1. The highest BCUT2D eigenvalue weighted by Crippen LogP contribution is 2.34. The third kappa shape index (κ3) is 16.9. The SMILES string of the molecule is O=S(=O)(O)C1CCC(SOOO)C(NC2NC(NC3CCCC(NC4NC(NC5CC(SOOO)CCC5S(=O)(=O)O)NC(N(CCO)CCO)N4)C3)NC(N(CCO)CCO)N2)C1. The minimum Gasteiger partial charge on any atom is -0.395 e. The molecule has 3 saturated carbocycles. The van der Waals surface area contributed by atoms with E-state index in [1.165, 1.54) is 0 Å². The normalized spacial score (nSPS) is 35.8. The minimum atomic E-state index is -4.47. The van der Waals surface area contributed by atoms with Crippen LogP contribution in [0.2, 0.25) is 0 Å². The first kappa shape index (κ1) is 54.6. The zero-order chi connectivity index (χ0) is 46.3. The molecule has 0 bridgehead atoms. The second-order valence-electron chi connectivity index (χ2n) is 16.4. The molecule has 0 amide bonds. The number of aliphatic hydroxyl groups excluding tert-OH is 4. The summed E-state index contributed by atoms with van der Waals surface area (Å²) in [7, 11) is -8.82. The van der Waals surface area contributed by atoms with Crippen LogP contribution in [0, 0.1) is 0 Å². The van der Waals surface area contributed by atoms with Crippen molar-refractivity contribution in [2.45, 2.75) is 147 Å². The first-order chi connectivity index (χ1) is 30.7. The lowest BCUT2D eigenvalue weighted by Crippen LogP contribution is -2.80. The van der Waals surface area contributed by atoms with Gasteiger partial charge < -0.3 is 20.4 Å². The molecule has 2 saturated heterocycles. The third-order valence-electron chi connectivity index (χ3n) is 12.2. The van der Waals surface area contributed by atoms with Crippen molar-refractivity contribution in [2.75, 3.05) is 52.6 Å². The quantitative estimate of drug-likeness (QED) is 0.0167. The van der Waals surface area contributed by atoms with Crippen molar-refractivity contribution in [3.63, 3.8) is 0 Å². The molecule has 0 spiro atoms. The summed E-state index contributed by atoms with van der Waals surface area (Å²) in [6.45, 7) is 0.0110. The van der Waals surface area contributed by atoms with Gasteiger partial charge in [0.25, 0.3) is 20.2 Å². The van der Waals surface area contributed by atoms with E-state index in [1.54, 1.807) is 9.80 Å². The predicted molar refractivity (Wildman–Crippen MR) is 230 cm³/mol. The van der Waals surface area contributed by atoms with Gasteiger partial charge in [-0.25, -0.2) is 10.5 Å². The molecular formula is C32H68N12O16S4. The molecule has 376 valence electrons. The molecular weight excluding hydrogens is 937 g/mol. The zero-order valence-corrected chi connectivity index (χ0v) is 38.4. The summed E-state index contributed by atoms with van der Waals surface area (Å²) in [6.07, 6.45) is 0.421. The molecule has 2 heterocycles. The maximum Gasteiger partial charge on any atom is 0.269 e. The van der Waals surface area contributed by atoms with Gasteiger partial charge in [-0.3, -0.25) is 72.1 Å². The summed E-state index contributed by atoms with van der Waals surface area (Å²) < 4.78 is 78.8. The van der Waals surface area contributed by atoms with Crippen molar-refractivity contribution in [3.05, 3.63) is 0 Å². The standard InChI is InChI=1S/C32H68N12O16S4/c45-12-8-43(9-13-46)31-39-27(37-29(41-31)35-23-18-22(63(51,52)53)5-6-25(23)62-60-58-50)33-19-2-1-3-20(16-19)34-28-38-30(42-32(40-28)44(10-14-47)11-15-48)36-24-17-21(61-59-57-49)4-7-26(24)64(54,55)56/h19-42,45-50H,1-18H2,(H,51,52,53)(H,54,55,56). The highest BCUT2D eigenvalue weighted by atomic mass is 32.2. The predicted octanol–water partition coefficient (Wildman–Crippen LogP) is -5.01. The largest absolute Gasteiger partial charge is 0.395 e. The van der Waals surface area contributed by atoms with Gasteiger partial charge in [0.05, 0.1) is 31.7 Å². The van der Waals surface area contributed by atoms with Gasteiger partial charge in [-0.1, -0.05) is 16.5 Å². The molecule has 28 nitrogen and oxygen atoms in total. The van der Waals surface area contributed by atoms with Gasteiger partial charge in [-0.2, -0.15) is 16.8 Å². The minimum absolute atomic E-state index is 0.0262. The molecule has 0 aromatic carbocycles. The van der Waals surface area contributed by atoms with Crippen LogP contribution in [-0.4, -0.2) is 202 Å². The van der Waals surface area contributed by atoms with E-state index in [0.717, 1.165) is 43.3 Å². The van der Waals surface area contributed by atoms with E-state index >= 15 is 0 Å². The molecule has 32 heteroatoms. The van der Waals surface area contributed by atoms with Crippen molar-refractivity contribution in [1.82, 2.24) is 63.0 Å². The lowest BCUT2D eigenvalue weighted by Gasteiger charge is -2.48. The van der Waals surface area contributed by atoms with Crippen molar-refractivity contribution in [3.8, 4) is 0 Å². The molecule has 0 aromatic rings. The van der Waals surface area contributed by atoms with E-state index in [2.05, 4.69) is 67.6 Å². The van der Waals surface area contributed by atoms with Crippen LogP contribution in [-0.2, 0) is 39.0 Å². The molecule has 2 aliphatic heterocycles. The summed E-state index contributed by atoms with van der Waals surface area (Å²) in [4.78, 5) is 3.60. The molecule has 5 fully saturated rings. The molecule has 14 atom stereocenters. The van der Waals surface area contributed by atoms with E-state index in [9.17, 15) is 46.4 Å². The fourth-order valence-electron chi connectivity index (χ4n) is 9.24. The van der Waals surface area contributed by atoms with E-state index in [4.69, 9.17) is 14.8 Å². The van der Waals surface area contributed by atoms with Crippen LogP contribution in [0.25, 0.3) is 0 Å². The summed E-state index contributed by atoms with van der Waals surface area (Å²) in [6, 6.07) is -1.48. The van der Waals surface area contributed by atoms with Crippen molar-refractivity contribution in [2.24, 2.45) is 0 Å². The van der Waals surface area contributed by atoms with E-state index in [0.29, 0.717) is 19.3 Å². The summed E-state index contributed by atoms with van der Waals surface area (Å²) in [5.41, 5.74) is 0. The molecule has 18 N–H and O–H groups in total. The average Bonchev–Trinajstić information content (AvgIpc) is 3.24. The maximum atomic E-state index is 12.5. The first-order valence-electron chi connectivity index (χ1n) is 21.4. The first-order valence-corrected chi connectivity index (χ1v) is 26.0. The van der Waals surface area contributed by atoms with Gasteiger partial charge in [0.15, 0.2) is 0 Å². The lowest BCUT2D eigenvalue weighted by molar-refractivity contribution is -0.432. The van der Waals surface area contributed by atoms with Gasteiger partial charge in [0.2, 0.25) is 0 Å². The zero-order valence-electron chi connectivity index (χ0n) is 35.2. The smallest absolute Gasteiger partial charge is 0.269 e. The number of nitrogens with one attached hydrogen (secondary N) is 10. The monoisotopic (exact) mass is 1000 g/mol. The Hall–Kier alpha value is -0.360. The highest BCUT2D eigenvalue weighted by Gasteiger charge is 2.43. The molecule has 3 aliphatic carbocycles. The average molecular weight is 1010 g/mol. The van der Waals surface area contributed by atoms with E-state index in [1.807, 2.05) is 0 Å². The second-order valence-corrected chi connectivity index (χ2v) is 21.7. The molecule has 14 unspecified atom stereocenters. The Morgan fingerprint density at radius 3 is 1.50 bits per heavy atom. The molecule has 0 radical (unpaired) electrons. The van der Waals surface area contributed by atoms with Gasteiger partial charge in [-0.05, 0) is 57.8 Å². The topological polar surface area (TPSA) is 394 Å². The van der Waals surface area contributed by atoms with Crippen LogP contribution in [0.3, 0.4) is 0 Å². The number of hydrogen-bond donors (Lipinski definition) is 18. The van der Waals surface area contributed by atoms with Crippen LogP contribution < -0.4 is 53.2 Å². The maximum absolute atomic E-state index is 12.5. The van der Waals surface area contributed by atoms with Crippen molar-refractivity contribution >= 4 is 44.3 Å². The summed E-state index contributed by atoms with van der Waals surface area (Å²) in [5.74, 6) is 0. The van der Waals surface area contributed by atoms with Gasteiger partial charge in [0, 0.05) is 84.9 Å². The molecule has 5 aliphatic rings. The van der Waals surface area contributed by atoms with E-state index in [-0.39, 0.29) is 101 Å². The third-order valence-corrected chi connectivity index (χ3v) is 16.6.